The highest BCUT2D eigenvalue weighted by atomic mass is 16.3. The summed E-state index contributed by atoms with van der Waals surface area (Å²) in [5.41, 5.74) is 0. The van der Waals surface area contributed by atoms with Crippen LogP contribution in [-0.2, 0) is 0 Å². The molecule has 0 bridgehead atoms. The average Bonchev–Trinajstić information content (AvgIpc) is 3.03. The Bertz CT molecular complexity index is 335. The van der Waals surface area contributed by atoms with E-state index in [0.717, 1.165) is 43.3 Å². The maximum Gasteiger partial charge on any atom is 0.0583 e. The fraction of sp³-hybridized carbons (Fsp3) is 1.00. The lowest BCUT2D eigenvalue weighted by molar-refractivity contribution is 0.112. The standard InChI is InChI=1S/C18H34N2O/c1-3-13-5-7-17(19-4-2)15(9-13)11-20-10-14-6-8-18(21)16(14)12-20/h13-19,21H,3-12H2,1-2H3. The van der Waals surface area contributed by atoms with E-state index in [-0.39, 0.29) is 6.10 Å². The molecule has 2 saturated carbocycles. The molecule has 0 radical (unpaired) electrons. The number of aliphatic hydroxyl groups is 1. The average molecular weight is 294 g/mol. The molecule has 1 saturated heterocycles. The molecule has 1 aliphatic heterocycles. The minimum atomic E-state index is -0.0145. The lowest BCUT2D eigenvalue weighted by atomic mass is 9.76. The SMILES string of the molecule is CCNC1CCC(CC)CC1CN1CC2CCC(O)C2C1. The fourth-order valence-corrected chi connectivity index (χ4v) is 5.27. The molecular weight excluding hydrogens is 260 g/mol. The molecule has 1 heterocycles. The maximum atomic E-state index is 10.1. The van der Waals surface area contributed by atoms with Gasteiger partial charge >= 0.3 is 0 Å². The number of hydrogen-bond donors (Lipinski definition) is 2. The minimum Gasteiger partial charge on any atom is -0.393 e. The number of nitrogens with zero attached hydrogens (tertiary/aromatic N) is 1. The molecule has 2 N–H and O–H groups in total. The van der Waals surface area contributed by atoms with Crippen LogP contribution in [0.3, 0.4) is 0 Å². The Hall–Kier alpha value is -0.120. The van der Waals surface area contributed by atoms with Crippen LogP contribution in [0.15, 0.2) is 0 Å². The first-order valence-corrected chi connectivity index (χ1v) is 9.35. The zero-order chi connectivity index (χ0) is 14.8. The number of rotatable bonds is 5. The molecule has 0 aromatic rings. The number of fused-ring (bicyclic) bond motifs is 1. The summed E-state index contributed by atoms with van der Waals surface area (Å²) in [6.07, 6.45) is 7.81. The second kappa shape index (κ2) is 6.97. The van der Waals surface area contributed by atoms with Gasteiger partial charge in [0.2, 0.25) is 0 Å². The van der Waals surface area contributed by atoms with Crippen LogP contribution < -0.4 is 5.32 Å². The van der Waals surface area contributed by atoms with Gasteiger partial charge in [0.05, 0.1) is 6.10 Å². The van der Waals surface area contributed by atoms with Gasteiger partial charge < -0.3 is 15.3 Å². The molecule has 0 aromatic heterocycles. The smallest absolute Gasteiger partial charge is 0.0583 e. The van der Waals surface area contributed by atoms with Crippen molar-refractivity contribution >= 4 is 0 Å². The van der Waals surface area contributed by atoms with Gasteiger partial charge in [0.1, 0.15) is 0 Å². The topological polar surface area (TPSA) is 35.5 Å². The Morgan fingerprint density at radius 3 is 2.67 bits per heavy atom. The third kappa shape index (κ3) is 3.46. The van der Waals surface area contributed by atoms with Crippen LogP contribution in [-0.4, -0.2) is 48.3 Å². The predicted octanol–water partition coefficient (Wildman–Crippen LogP) is 2.49. The lowest BCUT2D eigenvalue weighted by Gasteiger charge is -2.38. The molecular formula is C18H34N2O. The molecule has 3 rings (SSSR count). The Labute approximate surface area is 130 Å². The number of likely N-dealkylation sites (tertiary alicyclic amines) is 1. The van der Waals surface area contributed by atoms with Gasteiger partial charge in [-0.25, -0.2) is 0 Å². The van der Waals surface area contributed by atoms with E-state index in [9.17, 15) is 5.11 Å². The summed E-state index contributed by atoms with van der Waals surface area (Å²) in [5.74, 6) is 3.12. The first-order valence-electron chi connectivity index (χ1n) is 9.35. The van der Waals surface area contributed by atoms with Crippen molar-refractivity contribution < 1.29 is 5.11 Å². The Morgan fingerprint density at radius 1 is 1.10 bits per heavy atom. The summed E-state index contributed by atoms with van der Waals surface area (Å²) in [5, 5.41) is 13.8. The summed E-state index contributed by atoms with van der Waals surface area (Å²) in [6, 6.07) is 0.725. The number of nitrogens with one attached hydrogen (secondary N) is 1. The van der Waals surface area contributed by atoms with Gasteiger partial charge in [0, 0.05) is 31.6 Å². The molecule has 0 aromatic carbocycles. The number of hydrogen-bond acceptors (Lipinski definition) is 3. The molecule has 3 fully saturated rings. The highest BCUT2D eigenvalue weighted by molar-refractivity contribution is 4.95. The van der Waals surface area contributed by atoms with E-state index in [0.29, 0.717) is 5.92 Å². The van der Waals surface area contributed by atoms with E-state index in [1.807, 2.05) is 0 Å². The summed E-state index contributed by atoms with van der Waals surface area (Å²) in [7, 11) is 0. The highest BCUT2D eigenvalue weighted by Crippen LogP contribution is 2.39. The van der Waals surface area contributed by atoms with Gasteiger partial charge in [-0.2, -0.15) is 0 Å². The third-order valence-corrected chi connectivity index (χ3v) is 6.52. The monoisotopic (exact) mass is 294 g/mol. The van der Waals surface area contributed by atoms with E-state index < -0.39 is 0 Å². The van der Waals surface area contributed by atoms with Crippen LogP contribution in [0.4, 0.5) is 0 Å². The van der Waals surface area contributed by atoms with Crippen molar-refractivity contribution in [1.29, 1.82) is 0 Å². The van der Waals surface area contributed by atoms with Crippen molar-refractivity contribution in [3.05, 3.63) is 0 Å². The highest BCUT2D eigenvalue weighted by Gasteiger charge is 2.42. The Morgan fingerprint density at radius 2 is 1.95 bits per heavy atom. The van der Waals surface area contributed by atoms with Gasteiger partial charge in [0.15, 0.2) is 0 Å². The molecule has 21 heavy (non-hydrogen) atoms. The summed E-state index contributed by atoms with van der Waals surface area (Å²) < 4.78 is 0. The molecule has 6 atom stereocenters. The molecule has 122 valence electrons. The van der Waals surface area contributed by atoms with Crippen molar-refractivity contribution in [1.82, 2.24) is 10.2 Å². The van der Waals surface area contributed by atoms with E-state index >= 15 is 0 Å². The van der Waals surface area contributed by atoms with E-state index in [2.05, 4.69) is 24.1 Å². The van der Waals surface area contributed by atoms with E-state index in [1.54, 1.807) is 0 Å². The van der Waals surface area contributed by atoms with Gasteiger partial charge in [0.25, 0.3) is 0 Å². The van der Waals surface area contributed by atoms with Gasteiger partial charge in [-0.3, -0.25) is 0 Å². The van der Waals surface area contributed by atoms with Crippen molar-refractivity contribution in [3.63, 3.8) is 0 Å². The van der Waals surface area contributed by atoms with Gasteiger partial charge in [-0.1, -0.05) is 20.3 Å². The van der Waals surface area contributed by atoms with Crippen LogP contribution in [0.2, 0.25) is 0 Å². The molecule has 3 nitrogen and oxygen atoms in total. The van der Waals surface area contributed by atoms with Crippen molar-refractivity contribution in [2.45, 2.75) is 64.5 Å². The third-order valence-electron chi connectivity index (χ3n) is 6.52. The molecule has 0 spiro atoms. The van der Waals surface area contributed by atoms with Crippen molar-refractivity contribution in [2.24, 2.45) is 23.7 Å². The second-order valence-electron chi connectivity index (χ2n) is 7.80. The maximum absolute atomic E-state index is 10.1. The summed E-state index contributed by atoms with van der Waals surface area (Å²) >= 11 is 0. The summed E-state index contributed by atoms with van der Waals surface area (Å²) in [6.45, 7) is 9.34. The van der Waals surface area contributed by atoms with Crippen LogP contribution in [0.25, 0.3) is 0 Å². The van der Waals surface area contributed by atoms with Crippen LogP contribution in [0, 0.1) is 23.7 Å². The molecule has 0 amide bonds. The predicted molar refractivity (Wildman–Crippen MR) is 87.2 cm³/mol. The first kappa shape index (κ1) is 15.8. The quantitative estimate of drug-likeness (QED) is 0.818. The van der Waals surface area contributed by atoms with Crippen LogP contribution in [0.1, 0.15) is 52.4 Å². The lowest BCUT2D eigenvalue weighted by Crippen LogP contribution is -2.45. The van der Waals surface area contributed by atoms with Gasteiger partial charge in [-0.15, -0.1) is 0 Å². The minimum absolute atomic E-state index is 0.0145. The van der Waals surface area contributed by atoms with Gasteiger partial charge in [-0.05, 0) is 56.4 Å². The largest absolute Gasteiger partial charge is 0.393 e. The molecule has 6 unspecified atom stereocenters. The molecule has 3 aliphatic rings. The second-order valence-corrected chi connectivity index (χ2v) is 7.80. The van der Waals surface area contributed by atoms with E-state index in [4.69, 9.17) is 0 Å². The fourth-order valence-electron chi connectivity index (χ4n) is 5.27. The normalized spacial score (nSPS) is 44.1. The van der Waals surface area contributed by atoms with E-state index in [1.165, 1.54) is 45.2 Å². The molecule has 3 heteroatoms. The Kier molecular flexibility index (Phi) is 5.23. The number of aliphatic hydroxyl groups excluding tert-OH is 1. The first-order chi connectivity index (χ1) is 10.2. The molecule has 2 aliphatic carbocycles. The Balaban J connectivity index is 1.56. The van der Waals surface area contributed by atoms with Crippen molar-refractivity contribution in [3.8, 4) is 0 Å². The van der Waals surface area contributed by atoms with Crippen LogP contribution in [0.5, 0.6) is 0 Å². The van der Waals surface area contributed by atoms with Crippen LogP contribution >= 0.6 is 0 Å². The summed E-state index contributed by atoms with van der Waals surface area (Å²) in [4.78, 5) is 2.67. The zero-order valence-electron chi connectivity index (χ0n) is 13.9. The zero-order valence-corrected chi connectivity index (χ0v) is 13.9. The van der Waals surface area contributed by atoms with Crippen molar-refractivity contribution in [2.75, 3.05) is 26.2 Å².